The van der Waals surface area contributed by atoms with E-state index < -0.39 is 0 Å². The number of hydrogen-bond donors (Lipinski definition) is 1. The first-order valence-electron chi connectivity index (χ1n) is 6.30. The summed E-state index contributed by atoms with van der Waals surface area (Å²) < 4.78 is 0. The predicted octanol–water partition coefficient (Wildman–Crippen LogP) is 4.67. The van der Waals surface area contributed by atoms with E-state index in [1.165, 1.54) is 16.0 Å². The second-order valence-corrected chi connectivity index (χ2v) is 6.18. The van der Waals surface area contributed by atoms with Gasteiger partial charge in [-0.3, -0.25) is 0 Å². The molecule has 1 aromatic carbocycles. The molecule has 0 aliphatic rings. The molecule has 1 aromatic rings. The third-order valence-electron chi connectivity index (χ3n) is 2.46. The Balaban J connectivity index is 2.37. The van der Waals surface area contributed by atoms with Gasteiger partial charge >= 0.3 is 0 Å². The van der Waals surface area contributed by atoms with Gasteiger partial charge in [0, 0.05) is 22.7 Å². The topological polar surface area (TPSA) is 12.0 Å². The summed E-state index contributed by atoms with van der Waals surface area (Å²) in [5, 5.41) is 3.45. The van der Waals surface area contributed by atoms with Crippen LogP contribution in [0.3, 0.4) is 0 Å². The van der Waals surface area contributed by atoms with Crippen LogP contribution < -0.4 is 5.32 Å². The van der Waals surface area contributed by atoms with Crippen molar-refractivity contribution < 1.29 is 0 Å². The standard InChI is InChI=1S/C15H22ClNS/c1-12(2)9-17-10-14-4-6-15(7-5-14)18-11-13(3)8-16/h4-8,12,17H,9-11H2,1-3H3/b13-8+. The molecule has 0 spiro atoms. The molecule has 0 aliphatic heterocycles. The minimum Gasteiger partial charge on any atom is -0.312 e. The van der Waals surface area contributed by atoms with Crippen LogP contribution in [0.25, 0.3) is 0 Å². The molecule has 0 atom stereocenters. The summed E-state index contributed by atoms with van der Waals surface area (Å²) in [6.45, 7) is 8.50. The number of halogens is 1. The molecule has 0 saturated carbocycles. The fourth-order valence-corrected chi connectivity index (χ4v) is 2.41. The highest BCUT2D eigenvalue weighted by Crippen LogP contribution is 2.21. The highest BCUT2D eigenvalue weighted by molar-refractivity contribution is 7.99. The number of hydrogen-bond acceptors (Lipinski definition) is 2. The van der Waals surface area contributed by atoms with E-state index in [4.69, 9.17) is 11.6 Å². The maximum atomic E-state index is 5.64. The van der Waals surface area contributed by atoms with Crippen LogP contribution in [0.2, 0.25) is 0 Å². The van der Waals surface area contributed by atoms with Gasteiger partial charge in [-0.2, -0.15) is 0 Å². The maximum absolute atomic E-state index is 5.64. The Labute approximate surface area is 120 Å². The first-order valence-corrected chi connectivity index (χ1v) is 7.72. The Morgan fingerprint density at radius 1 is 1.33 bits per heavy atom. The fourth-order valence-electron chi connectivity index (χ4n) is 1.44. The molecule has 1 N–H and O–H groups in total. The molecule has 0 aliphatic carbocycles. The van der Waals surface area contributed by atoms with E-state index in [1.807, 2.05) is 18.7 Å². The molecular weight excluding hydrogens is 262 g/mol. The van der Waals surface area contributed by atoms with Gasteiger partial charge in [-0.1, -0.05) is 43.2 Å². The highest BCUT2D eigenvalue weighted by atomic mass is 35.5. The quantitative estimate of drug-likeness (QED) is 0.730. The molecule has 0 bridgehead atoms. The summed E-state index contributed by atoms with van der Waals surface area (Å²) in [6, 6.07) is 8.74. The van der Waals surface area contributed by atoms with Gasteiger partial charge in [0.2, 0.25) is 0 Å². The fraction of sp³-hybridized carbons (Fsp3) is 0.467. The SMILES string of the molecule is C/C(=C\Cl)CSc1ccc(CNCC(C)C)cc1. The number of benzene rings is 1. The zero-order valence-corrected chi connectivity index (χ0v) is 12.9. The third kappa shape index (κ3) is 6.48. The van der Waals surface area contributed by atoms with Crippen molar-refractivity contribution >= 4 is 23.4 Å². The molecule has 0 amide bonds. The van der Waals surface area contributed by atoms with Gasteiger partial charge in [0.1, 0.15) is 0 Å². The lowest BCUT2D eigenvalue weighted by molar-refractivity contribution is 0.552. The van der Waals surface area contributed by atoms with E-state index >= 15 is 0 Å². The zero-order chi connectivity index (χ0) is 13.4. The normalized spacial score (nSPS) is 12.2. The van der Waals surface area contributed by atoms with Crippen molar-refractivity contribution in [1.29, 1.82) is 0 Å². The van der Waals surface area contributed by atoms with Gasteiger partial charge in [-0.25, -0.2) is 0 Å². The molecule has 18 heavy (non-hydrogen) atoms. The largest absolute Gasteiger partial charge is 0.312 e. The number of thioether (sulfide) groups is 1. The van der Waals surface area contributed by atoms with Gasteiger partial charge in [0.25, 0.3) is 0 Å². The first-order chi connectivity index (χ1) is 8.61. The van der Waals surface area contributed by atoms with E-state index in [1.54, 1.807) is 5.54 Å². The van der Waals surface area contributed by atoms with Crippen molar-refractivity contribution in [3.63, 3.8) is 0 Å². The van der Waals surface area contributed by atoms with E-state index in [0.29, 0.717) is 5.92 Å². The van der Waals surface area contributed by atoms with Crippen LogP contribution in [0.5, 0.6) is 0 Å². The molecule has 3 heteroatoms. The lowest BCUT2D eigenvalue weighted by Crippen LogP contribution is -2.18. The van der Waals surface area contributed by atoms with Crippen LogP contribution in [0.15, 0.2) is 40.3 Å². The zero-order valence-electron chi connectivity index (χ0n) is 11.4. The van der Waals surface area contributed by atoms with Gasteiger partial charge < -0.3 is 5.32 Å². The second kappa shape index (κ2) is 8.63. The Morgan fingerprint density at radius 2 is 2.00 bits per heavy atom. The average Bonchev–Trinajstić information content (AvgIpc) is 2.37. The first kappa shape index (κ1) is 15.6. The molecule has 0 fully saturated rings. The van der Waals surface area contributed by atoms with Crippen molar-refractivity contribution in [3.8, 4) is 0 Å². The van der Waals surface area contributed by atoms with E-state index in [0.717, 1.165) is 18.8 Å². The summed E-state index contributed by atoms with van der Waals surface area (Å²) in [6.07, 6.45) is 0. The summed E-state index contributed by atoms with van der Waals surface area (Å²) >= 11 is 7.46. The second-order valence-electron chi connectivity index (χ2n) is 4.91. The minimum atomic E-state index is 0.699. The van der Waals surface area contributed by atoms with Crippen LogP contribution in [0.1, 0.15) is 26.3 Å². The maximum Gasteiger partial charge on any atom is 0.0205 e. The summed E-state index contributed by atoms with van der Waals surface area (Å²) in [4.78, 5) is 1.29. The lowest BCUT2D eigenvalue weighted by atomic mass is 10.2. The molecule has 1 nitrogen and oxygen atoms in total. The van der Waals surface area contributed by atoms with E-state index in [9.17, 15) is 0 Å². The van der Waals surface area contributed by atoms with E-state index in [2.05, 4.69) is 43.4 Å². The Bertz CT molecular complexity index is 371. The molecule has 0 radical (unpaired) electrons. The smallest absolute Gasteiger partial charge is 0.0205 e. The van der Waals surface area contributed by atoms with Crippen LogP contribution in [0.4, 0.5) is 0 Å². The summed E-state index contributed by atoms with van der Waals surface area (Å²) in [7, 11) is 0. The van der Waals surface area contributed by atoms with Crippen LogP contribution in [-0.2, 0) is 6.54 Å². The summed E-state index contributed by atoms with van der Waals surface area (Å²) in [5.41, 5.74) is 4.19. The molecule has 100 valence electrons. The molecule has 0 aromatic heterocycles. The van der Waals surface area contributed by atoms with E-state index in [-0.39, 0.29) is 0 Å². The van der Waals surface area contributed by atoms with Crippen LogP contribution in [-0.4, -0.2) is 12.3 Å². The molecule has 1 rings (SSSR count). The molecular formula is C15H22ClNS. The molecule has 0 heterocycles. The monoisotopic (exact) mass is 283 g/mol. The predicted molar refractivity (Wildman–Crippen MR) is 83.3 cm³/mol. The molecule has 0 unspecified atom stereocenters. The number of rotatable bonds is 7. The average molecular weight is 284 g/mol. The van der Waals surface area contributed by atoms with Crippen molar-refractivity contribution in [3.05, 3.63) is 40.9 Å². The Hall–Kier alpha value is -0.440. The molecule has 0 saturated heterocycles. The van der Waals surface area contributed by atoms with Crippen molar-refractivity contribution in [1.82, 2.24) is 5.32 Å². The van der Waals surface area contributed by atoms with Gasteiger partial charge in [0.15, 0.2) is 0 Å². The van der Waals surface area contributed by atoms with Crippen LogP contribution >= 0.6 is 23.4 Å². The number of nitrogens with one attached hydrogen (secondary N) is 1. The third-order valence-corrected chi connectivity index (χ3v) is 4.04. The van der Waals surface area contributed by atoms with Crippen molar-refractivity contribution in [2.45, 2.75) is 32.2 Å². The van der Waals surface area contributed by atoms with Crippen molar-refractivity contribution in [2.24, 2.45) is 5.92 Å². The highest BCUT2D eigenvalue weighted by Gasteiger charge is 1.98. The van der Waals surface area contributed by atoms with Gasteiger partial charge in [0.05, 0.1) is 0 Å². The van der Waals surface area contributed by atoms with Gasteiger partial charge in [-0.05, 0) is 37.1 Å². The summed E-state index contributed by atoms with van der Waals surface area (Å²) in [5.74, 6) is 1.65. The van der Waals surface area contributed by atoms with Crippen molar-refractivity contribution in [2.75, 3.05) is 12.3 Å². The lowest BCUT2D eigenvalue weighted by Gasteiger charge is -2.08. The Morgan fingerprint density at radius 3 is 2.56 bits per heavy atom. The van der Waals surface area contributed by atoms with Crippen LogP contribution in [0, 0.1) is 5.92 Å². The Kier molecular flexibility index (Phi) is 7.48. The van der Waals surface area contributed by atoms with Gasteiger partial charge in [-0.15, -0.1) is 11.8 Å². The minimum absolute atomic E-state index is 0.699.